The summed E-state index contributed by atoms with van der Waals surface area (Å²) in [4.78, 5) is 7.84. The highest BCUT2D eigenvalue weighted by Crippen LogP contribution is 2.24. The summed E-state index contributed by atoms with van der Waals surface area (Å²) in [5, 5.41) is 16.1. The van der Waals surface area contributed by atoms with Crippen molar-refractivity contribution in [2.45, 2.75) is 45.1 Å². The molecular weight excluding hydrogens is 423 g/mol. The van der Waals surface area contributed by atoms with Gasteiger partial charge in [-0.3, -0.25) is 4.90 Å². The molecule has 3 rings (SSSR count). The predicted molar refractivity (Wildman–Crippen MR) is 121 cm³/mol. The maximum atomic E-state index is 10.5. The van der Waals surface area contributed by atoms with Crippen molar-refractivity contribution in [2.75, 3.05) is 19.7 Å². The highest BCUT2D eigenvalue weighted by molar-refractivity contribution is 6.34. The van der Waals surface area contributed by atoms with Crippen molar-refractivity contribution in [1.29, 1.82) is 0 Å². The molecule has 0 radical (unpaired) electrons. The first-order chi connectivity index (χ1) is 14.4. The third kappa shape index (κ3) is 6.96. The average molecular weight is 451 g/mol. The summed E-state index contributed by atoms with van der Waals surface area (Å²) in [6.45, 7) is 5.91. The van der Waals surface area contributed by atoms with Crippen LogP contribution in [0.4, 0.5) is 0 Å². The minimum atomic E-state index is -0.600. The number of nitrogens with zero attached hydrogens (tertiary/aromatic N) is 2. The Labute approximate surface area is 188 Å². The predicted octanol–water partition coefficient (Wildman–Crippen LogP) is 4.77. The molecule has 0 fully saturated rings. The lowest BCUT2D eigenvalue weighted by molar-refractivity contribution is -0.0194. The summed E-state index contributed by atoms with van der Waals surface area (Å²) in [6, 6.07) is 15.4. The Morgan fingerprint density at radius 2 is 2.00 bits per heavy atom. The van der Waals surface area contributed by atoms with Crippen LogP contribution in [0.1, 0.15) is 31.4 Å². The number of hydrogen-bond acceptors (Lipinski definition) is 5. The molecule has 1 aliphatic heterocycles. The van der Waals surface area contributed by atoms with E-state index in [1.165, 1.54) is 0 Å². The molecule has 2 aromatic rings. The molecule has 1 heterocycles. The SMILES string of the molecule is CC(C)OC[C@@H](O)CN(Cc1cccc(Cl)c1)C[C@H]1CC(c2ccccc2Cl)=NO1. The van der Waals surface area contributed by atoms with Crippen LogP contribution in [0.3, 0.4) is 0 Å². The fourth-order valence-electron chi connectivity index (χ4n) is 3.42. The van der Waals surface area contributed by atoms with Crippen LogP contribution in [0, 0.1) is 0 Å². The monoisotopic (exact) mass is 450 g/mol. The zero-order valence-corrected chi connectivity index (χ0v) is 18.8. The summed E-state index contributed by atoms with van der Waals surface area (Å²) in [5.41, 5.74) is 2.81. The van der Waals surface area contributed by atoms with Gasteiger partial charge in [-0.05, 0) is 37.6 Å². The maximum absolute atomic E-state index is 10.5. The molecule has 0 bridgehead atoms. The van der Waals surface area contributed by atoms with Gasteiger partial charge in [-0.15, -0.1) is 0 Å². The van der Waals surface area contributed by atoms with E-state index in [2.05, 4.69) is 10.1 Å². The minimum absolute atomic E-state index is 0.0748. The molecular formula is C23H28Cl2N2O3. The first-order valence-corrected chi connectivity index (χ1v) is 10.9. The number of halogens is 2. The van der Waals surface area contributed by atoms with Gasteiger partial charge in [0.15, 0.2) is 0 Å². The highest BCUT2D eigenvalue weighted by atomic mass is 35.5. The van der Waals surface area contributed by atoms with E-state index in [0.717, 1.165) is 16.8 Å². The lowest BCUT2D eigenvalue weighted by Gasteiger charge is -2.27. The molecule has 7 heteroatoms. The van der Waals surface area contributed by atoms with Gasteiger partial charge >= 0.3 is 0 Å². The number of oxime groups is 1. The largest absolute Gasteiger partial charge is 0.390 e. The van der Waals surface area contributed by atoms with Crippen molar-refractivity contribution in [3.63, 3.8) is 0 Å². The fourth-order valence-corrected chi connectivity index (χ4v) is 3.88. The van der Waals surface area contributed by atoms with Crippen molar-refractivity contribution >= 4 is 28.9 Å². The van der Waals surface area contributed by atoms with Crippen molar-refractivity contribution in [3.05, 3.63) is 69.7 Å². The molecule has 2 atom stereocenters. The van der Waals surface area contributed by atoms with Gasteiger partial charge in [-0.1, -0.05) is 58.7 Å². The zero-order chi connectivity index (χ0) is 21.5. The van der Waals surface area contributed by atoms with Crippen LogP contribution in [0.2, 0.25) is 10.0 Å². The molecule has 0 aliphatic carbocycles. The molecule has 0 saturated heterocycles. The van der Waals surface area contributed by atoms with Gasteiger partial charge < -0.3 is 14.7 Å². The molecule has 162 valence electrons. The second-order valence-electron chi connectivity index (χ2n) is 7.81. The van der Waals surface area contributed by atoms with Crippen LogP contribution < -0.4 is 0 Å². The maximum Gasteiger partial charge on any atom is 0.145 e. The van der Waals surface area contributed by atoms with Crippen molar-refractivity contribution < 1.29 is 14.7 Å². The van der Waals surface area contributed by atoms with Crippen LogP contribution in [0.25, 0.3) is 0 Å². The number of aliphatic hydroxyl groups is 1. The van der Waals surface area contributed by atoms with Crippen LogP contribution in [0.15, 0.2) is 53.7 Å². The molecule has 0 amide bonds. The van der Waals surface area contributed by atoms with Gasteiger partial charge in [-0.25, -0.2) is 0 Å². The van der Waals surface area contributed by atoms with E-state index >= 15 is 0 Å². The first kappa shape index (κ1) is 23.0. The second-order valence-corrected chi connectivity index (χ2v) is 8.65. The molecule has 1 aliphatic rings. The van der Waals surface area contributed by atoms with E-state index in [1.54, 1.807) is 0 Å². The van der Waals surface area contributed by atoms with Crippen LogP contribution in [0.5, 0.6) is 0 Å². The Balaban J connectivity index is 1.64. The molecule has 0 aromatic heterocycles. The topological polar surface area (TPSA) is 54.3 Å². The first-order valence-electron chi connectivity index (χ1n) is 10.1. The van der Waals surface area contributed by atoms with E-state index in [9.17, 15) is 5.11 Å². The average Bonchev–Trinajstić information content (AvgIpc) is 3.15. The summed E-state index contributed by atoms with van der Waals surface area (Å²) >= 11 is 12.4. The zero-order valence-electron chi connectivity index (χ0n) is 17.3. The Morgan fingerprint density at radius 1 is 1.20 bits per heavy atom. The summed E-state index contributed by atoms with van der Waals surface area (Å²) < 4.78 is 5.57. The lowest BCUT2D eigenvalue weighted by atomic mass is 10.0. The van der Waals surface area contributed by atoms with Crippen LogP contribution in [-0.4, -0.2) is 53.7 Å². The Morgan fingerprint density at radius 3 is 2.73 bits per heavy atom. The van der Waals surface area contributed by atoms with Gasteiger partial charge in [0.25, 0.3) is 0 Å². The summed E-state index contributed by atoms with van der Waals surface area (Å²) in [5.74, 6) is 0. The fraction of sp³-hybridized carbons (Fsp3) is 0.435. The van der Waals surface area contributed by atoms with E-state index in [0.29, 0.717) is 36.1 Å². The Kier molecular flexibility index (Phi) is 8.54. The molecule has 0 spiro atoms. The smallest absolute Gasteiger partial charge is 0.145 e. The van der Waals surface area contributed by atoms with Crippen LogP contribution in [-0.2, 0) is 16.1 Å². The van der Waals surface area contributed by atoms with E-state index < -0.39 is 6.10 Å². The van der Waals surface area contributed by atoms with Crippen molar-refractivity contribution in [1.82, 2.24) is 4.90 Å². The van der Waals surface area contributed by atoms with Gasteiger partial charge in [0.1, 0.15) is 6.10 Å². The summed E-state index contributed by atoms with van der Waals surface area (Å²) in [7, 11) is 0. The number of rotatable bonds is 10. The number of benzene rings is 2. The van der Waals surface area contributed by atoms with E-state index in [1.807, 2.05) is 62.4 Å². The standard InChI is InChI=1S/C23H28Cl2N2O3/c1-16(2)29-15-19(28)13-27(12-17-6-5-7-18(24)10-17)14-20-11-23(26-30-20)21-8-3-4-9-22(21)25/h3-10,16,19-20,28H,11-15H2,1-2H3/t19-,20+/m0/s1. The molecule has 0 saturated carbocycles. The highest BCUT2D eigenvalue weighted by Gasteiger charge is 2.26. The summed E-state index contributed by atoms with van der Waals surface area (Å²) in [6.07, 6.45) is 0.0189. The molecule has 5 nitrogen and oxygen atoms in total. The quantitative estimate of drug-likeness (QED) is 0.565. The van der Waals surface area contributed by atoms with E-state index in [-0.39, 0.29) is 18.8 Å². The molecule has 1 N–H and O–H groups in total. The van der Waals surface area contributed by atoms with E-state index in [4.69, 9.17) is 32.8 Å². The van der Waals surface area contributed by atoms with Crippen molar-refractivity contribution in [3.8, 4) is 0 Å². The minimum Gasteiger partial charge on any atom is -0.390 e. The Hall–Kier alpha value is -1.63. The normalized spacial score (nSPS) is 17.3. The third-order valence-corrected chi connectivity index (χ3v) is 5.33. The van der Waals surface area contributed by atoms with Gasteiger partial charge in [-0.2, -0.15) is 0 Å². The second kappa shape index (κ2) is 11.1. The molecule has 30 heavy (non-hydrogen) atoms. The van der Waals surface area contributed by atoms with Gasteiger partial charge in [0, 0.05) is 41.7 Å². The van der Waals surface area contributed by atoms with Gasteiger partial charge in [0.2, 0.25) is 0 Å². The number of hydrogen-bond donors (Lipinski definition) is 1. The lowest BCUT2D eigenvalue weighted by Crippen LogP contribution is -2.39. The van der Waals surface area contributed by atoms with Crippen molar-refractivity contribution in [2.24, 2.45) is 5.16 Å². The molecule has 0 unspecified atom stereocenters. The van der Waals surface area contributed by atoms with Gasteiger partial charge in [0.05, 0.1) is 24.5 Å². The Bertz CT molecular complexity index is 860. The third-order valence-electron chi connectivity index (χ3n) is 4.77. The number of aliphatic hydroxyl groups excluding tert-OH is 1. The molecule has 2 aromatic carbocycles. The number of ether oxygens (including phenoxy) is 1. The van der Waals surface area contributed by atoms with Crippen LogP contribution >= 0.6 is 23.2 Å².